The molecule has 0 aliphatic carbocycles. The first kappa shape index (κ1) is 23.0. The Kier molecular flexibility index (Phi) is 5.92. The molecule has 2 saturated heterocycles. The minimum atomic E-state index is -5.38. The van der Waals surface area contributed by atoms with E-state index in [4.69, 9.17) is 24.8 Å². The van der Waals surface area contributed by atoms with Gasteiger partial charge in [-0.05, 0) is 4.31 Å². The van der Waals surface area contributed by atoms with Crippen molar-refractivity contribution >= 4 is 40.8 Å². The number of hydrogen-bond acceptors (Lipinski definition) is 14. The summed E-state index contributed by atoms with van der Waals surface area (Å²) in [6.45, 7) is -0.581. The van der Waals surface area contributed by atoms with E-state index in [1.54, 1.807) is 0 Å². The van der Waals surface area contributed by atoms with Crippen molar-refractivity contribution in [2.24, 2.45) is 0 Å². The fourth-order valence-corrected chi connectivity index (χ4v) is 6.23. The molecule has 0 bridgehead atoms. The lowest BCUT2D eigenvalue weighted by Crippen LogP contribution is -2.33. The lowest BCUT2D eigenvalue weighted by Gasteiger charge is -2.16. The van der Waals surface area contributed by atoms with Gasteiger partial charge >= 0.3 is 23.8 Å². The predicted molar refractivity (Wildman–Crippen MR) is 94.7 cm³/mol. The third-order valence-electron chi connectivity index (χ3n) is 4.00. The van der Waals surface area contributed by atoms with Crippen molar-refractivity contribution < 1.29 is 61.3 Å². The first-order valence-corrected chi connectivity index (χ1v) is 12.6. The quantitative estimate of drug-likeness (QED) is 0.141. The Morgan fingerprint density at radius 3 is 2.52 bits per heavy atom. The van der Waals surface area contributed by atoms with Crippen molar-refractivity contribution in [1.29, 1.82) is 0 Å². The average Bonchev–Trinajstić information content (AvgIpc) is 3.14. The Balaban J connectivity index is 1.43. The smallest absolute Gasteiger partial charge is 0.387 e. The fourth-order valence-electron chi connectivity index (χ4n) is 2.71. The molecule has 0 aromatic carbocycles. The Morgan fingerprint density at radius 2 is 1.87 bits per heavy atom. The number of phosphoric acid groups is 2. The van der Waals surface area contributed by atoms with Crippen LogP contribution < -0.4 is 5.73 Å². The molecule has 2 fully saturated rings. The molecule has 2 aromatic rings. The molecule has 0 radical (unpaired) electrons. The lowest BCUT2D eigenvalue weighted by atomic mass is 10.1. The Hall–Kier alpha value is -1.20. The molecule has 0 spiro atoms. The topological polar surface area (TPSA) is 267 Å². The van der Waals surface area contributed by atoms with E-state index in [0.717, 1.165) is 0 Å². The van der Waals surface area contributed by atoms with Gasteiger partial charge in [0.15, 0.2) is 17.7 Å². The van der Waals surface area contributed by atoms with Gasteiger partial charge in [0, 0.05) is 0 Å². The number of aromatic nitrogens is 4. The lowest BCUT2D eigenvalue weighted by molar-refractivity contribution is -0.0480. The summed E-state index contributed by atoms with van der Waals surface area (Å²) >= 11 is 0. The maximum Gasteiger partial charge on any atom is 0.655 e. The second-order valence-electron chi connectivity index (χ2n) is 6.14. The molecule has 2 aliphatic rings. The summed E-state index contributed by atoms with van der Waals surface area (Å²) in [6, 6.07) is 0. The van der Waals surface area contributed by atoms with Crippen LogP contribution >= 0.6 is 23.8 Å². The van der Waals surface area contributed by atoms with Crippen LogP contribution in [0.5, 0.6) is 0 Å². The molecule has 18 nitrogen and oxygen atoms in total. The van der Waals surface area contributed by atoms with Crippen molar-refractivity contribution in [2.45, 2.75) is 24.5 Å². The first-order valence-electron chi connectivity index (χ1n) is 8.07. The molecule has 4 heterocycles. The molecule has 2 aromatic heterocycles. The van der Waals surface area contributed by atoms with Gasteiger partial charge in [-0.25, -0.2) is 24.1 Å². The van der Waals surface area contributed by atoms with Gasteiger partial charge in [0.25, 0.3) is 0 Å². The molecule has 172 valence electrons. The number of fused-ring (bicyclic) bond motifs is 1. The summed E-state index contributed by atoms with van der Waals surface area (Å²) < 4.78 is 51.1. The number of aliphatic hydroxyl groups excluding tert-OH is 2. The van der Waals surface area contributed by atoms with E-state index in [-0.39, 0.29) is 17.0 Å². The Morgan fingerprint density at radius 1 is 1.16 bits per heavy atom. The molecule has 21 heteroatoms. The summed E-state index contributed by atoms with van der Waals surface area (Å²) in [5.74, 6) is 0.0922. The number of aliphatic hydroxyl groups is 2. The highest BCUT2D eigenvalue weighted by Crippen LogP contribution is 2.84. The van der Waals surface area contributed by atoms with Gasteiger partial charge in [-0.15, -0.1) is 4.52 Å². The Bertz CT molecular complexity index is 1070. The van der Waals surface area contributed by atoms with E-state index in [2.05, 4.69) is 32.9 Å². The van der Waals surface area contributed by atoms with E-state index in [1.807, 2.05) is 0 Å². The van der Waals surface area contributed by atoms with Crippen LogP contribution in [0.2, 0.25) is 0 Å². The van der Waals surface area contributed by atoms with Crippen LogP contribution in [0.15, 0.2) is 12.7 Å². The van der Waals surface area contributed by atoms with Crippen LogP contribution in [-0.4, -0.2) is 69.3 Å². The van der Waals surface area contributed by atoms with Gasteiger partial charge in [0.1, 0.15) is 36.8 Å². The van der Waals surface area contributed by atoms with E-state index < -0.39 is 55.0 Å². The molecular weight excluding hydrogens is 491 g/mol. The van der Waals surface area contributed by atoms with Crippen LogP contribution in [0.25, 0.3) is 11.2 Å². The predicted octanol–water partition coefficient (Wildman–Crippen LogP) is -1.09. The Labute approximate surface area is 171 Å². The number of nitrogens with two attached hydrogens (primary N) is 1. The van der Waals surface area contributed by atoms with Gasteiger partial charge < -0.3 is 30.5 Å². The van der Waals surface area contributed by atoms with E-state index >= 15 is 0 Å². The van der Waals surface area contributed by atoms with Gasteiger partial charge in [-0.2, -0.15) is 4.31 Å². The highest BCUT2D eigenvalue weighted by molar-refractivity contribution is 7.71. The van der Waals surface area contributed by atoms with Crippen molar-refractivity contribution in [3.8, 4) is 0 Å². The third-order valence-corrected chi connectivity index (χ3v) is 8.16. The number of anilines is 1. The second-order valence-corrected chi connectivity index (χ2v) is 10.8. The van der Waals surface area contributed by atoms with Crippen LogP contribution in [0, 0.1) is 0 Å². The number of nitrogen functional groups attached to an aromatic ring is 1. The van der Waals surface area contributed by atoms with Gasteiger partial charge in [-0.1, -0.05) is 0 Å². The highest BCUT2D eigenvalue weighted by atomic mass is 31.3. The van der Waals surface area contributed by atoms with E-state index in [9.17, 15) is 24.2 Å². The number of hydrogen-bond donors (Lipinski definition) is 6. The molecule has 4 rings (SSSR count). The van der Waals surface area contributed by atoms with Crippen LogP contribution in [0.1, 0.15) is 6.23 Å². The zero-order chi connectivity index (χ0) is 22.6. The monoisotopic (exact) mass is 506 g/mol. The second kappa shape index (κ2) is 7.98. The number of imidazole rings is 1. The number of ether oxygens (including phenoxy) is 1. The summed E-state index contributed by atoms with van der Waals surface area (Å²) in [5.41, 5.74) is 6.18. The zero-order valence-corrected chi connectivity index (χ0v) is 17.6. The van der Waals surface area contributed by atoms with Crippen molar-refractivity contribution in [2.75, 3.05) is 12.3 Å². The van der Waals surface area contributed by atoms with E-state index in [1.165, 1.54) is 17.2 Å². The minimum absolute atomic E-state index is 0.0922. The van der Waals surface area contributed by atoms with Crippen LogP contribution in [0.3, 0.4) is 0 Å². The van der Waals surface area contributed by atoms with Gasteiger partial charge in [0.05, 0.1) is 15.7 Å². The molecule has 7 N–H and O–H groups in total. The minimum Gasteiger partial charge on any atom is -0.387 e. The first-order chi connectivity index (χ1) is 14.4. The van der Waals surface area contributed by atoms with Crippen molar-refractivity contribution in [1.82, 2.24) is 19.5 Å². The summed E-state index contributed by atoms with van der Waals surface area (Å²) in [5, 5.41) is 20.6. The molecule has 2 aliphatic heterocycles. The molecule has 5 atom stereocenters. The SMILES string of the molecule is Nc1ncnc2c1ncn2[C@@H]1O[C@H](CO[P+]2(OP(=O)(O)OP(=O)(O)O)OO2)[C@@H](O)[C@H]1O. The molecule has 0 amide bonds. The molecule has 31 heavy (non-hydrogen) atoms. The normalized spacial score (nSPS) is 29.8. The summed E-state index contributed by atoms with van der Waals surface area (Å²) in [6.07, 6.45) is -2.92. The summed E-state index contributed by atoms with van der Waals surface area (Å²) in [7, 11) is -14.6. The maximum atomic E-state index is 11.6. The summed E-state index contributed by atoms with van der Waals surface area (Å²) in [4.78, 5) is 38.4. The van der Waals surface area contributed by atoms with Gasteiger partial charge in [0.2, 0.25) is 0 Å². The molecule has 0 saturated carbocycles. The standard InChI is InChI=1S/C10H14N5O13P3/c11-8-5-9(13-2-12-8)15(3-14-5)10-7(17)6(16)4(24-10)1-23-31(25-26-31)28-30(21,22)27-29(18,19)20/h2-4,6-7,10,16-17H,1H2,(H4-,11,12,13,18,19,20,21,22)/p+1/t4-,6-,7-,10-/m1/s1. The van der Waals surface area contributed by atoms with Gasteiger partial charge in [-0.3, -0.25) is 9.46 Å². The number of nitrogens with zero attached hydrogens (tertiary/aromatic N) is 4. The van der Waals surface area contributed by atoms with Crippen LogP contribution in [-0.2, 0) is 36.4 Å². The largest absolute Gasteiger partial charge is 0.655 e. The van der Waals surface area contributed by atoms with Crippen LogP contribution in [0.4, 0.5) is 5.82 Å². The molecule has 1 unspecified atom stereocenters. The highest BCUT2D eigenvalue weighted by Gasteiger charge is 2.76. The zero-order valence-electron chi connectivity index (χ0n) is 14.9. The maximum absolute atomic E-state index is 11.6. The van der Waals surface area contributed by atoms with Crippen molar-refractivity contribution in [3.05, 3.63) is 12.7 Å². The van der Waals surface area contributed by atoms with Crippen molar-refractivity contribution in [3.63, 3.8) is 0 Å². The fraction of sp³-hybridized carbons (Fsp3) is 0.500. The van der Waals surface area contributed by atoms with E-state index in [0.29, 0.717) is 0 Å². The third kappa shape index (κ3) is 4.93. The number of rotatable bonds is 8. The molecular formula is C10H15N5O13P3+. The average molecular weight is 506 g/mol.